The van der Waals surface area contributed by atoms with Crippen LogP contribution >= 0.6 is 0 Å². The van der Waals surface area contributed by atoms with Crippen LogP contribution in [0, 0.1) is 0 Å². The second-order valence-electron chi connectivity index (χ2n) is 7.05. The lowest BCUT2D eigenvalue weighted by atomic mass is 10.0. The Morgan fingerprint density at radius 3 is 2.18 bits per heavy atom. The van der Waals surface area contributed by atoms with Gasteiger partial charge < -0.3 is 28.5 Å². The predicted molar refractivity (Wildman–Crippen MR) is 123 cm³/mol. The van der Waals surface area contributed by atoms with E-state index in [-0.39, 0.29) is 35.7 Å². The summed E-state index contributed by atoms with van der Waals surface area (Å²) in [4.78, 5) is 36.1. The number of esters is 2. The molecule has 3 rings (SSSR count). The summed E-state index contributed by atoms with van der Waals surface area (Å²) < 4.78 is 26.8. The molecule has 0 amide bonds. The molecule has 0 unspecified atom stereocenters. The number of methoxy groups -OCH3 is 3. The zero-order valence-electron chi connectivity index (χ0n) is 19.0. The van der Waals surface area contributed by atoms with Gasteiger partial charge in [0.1, 0.15) is 12.9 Å². The molecule has 34 heavy (non-hydrogen) atoms. The van der Waals surface area contributed by atoms with Crippen molar-refractivity contribution in [1.82, 2.24) is 0 Å². The molecule has 3 aromatic rings. The number of carbonyl (C=O) groups excluding carboxylic acids is 3. The Balaban J connectivity index is 1.88. The van der Waals surface area contributed by atoms with E-state index >= 15 is 0 Å². The van der Waals surface area contributed by atoms with Crippen molar-refractivity contribution in [2.45, 2.75) is 13.0 Å². The number of hydrogen-bond acceptors (Lipinski definition) is 8. The molecule has 0 saturated heterocycles. The summed E-state index contributed by atoms with van der Waals surface area (Å²) in [5, 5.41) is 0. The Kier molecular flexibility index (Phi) is 8.23. The number of rotatable bonds is 10. The van der Waals surface area contributed by atoms with Gasteiger partial charge in [0.25, 0.3) is 0 Å². The third-order valence-electron chi connectivity index (χ3n) is 4.94. The minimum atomic E-state index is -0.704. The molecule has 0 radical (unpaired) electrons. The van der Waals surface area contributed by atoms with Gasteiger partial charge in [0.05, 0.1) is 32.5 Å². The number of benzene rings is 3. The van der Waals surface area contributed by atoms with Gasteiger partial charge in [-0.3, -0.25) is 0 Å². The van der Waals surface area contributed by atoms with E-state index in [1.807, 2.05) is 30.3 Å². The van der Waals surface area contributed by atoms with Crippen molar-refractivity contribution in [2.75, 3.05) is 21.3 Å². The van der Waals surface area contributed by atoms with E-state index in [9.17, 15) is 14.4 Å². The maximum atomic E-state index is 12.9. The van der Waals surface area contributed by atoms with E-state index in [0.717, 1.165) is 5.56 Å². The molecule has 8 heteroatoms. The Hall–Kier alpha value is -4.33. The Bertz CT molecular complexity index is 1170. The Morgan fingerprint density at radius 2 is 1.53 bits per heavy atom. The molecule has 0 heterocycles. The lowest BCUT2D eigenvalue weighted by Gasteiger charge is -2.15. The highest BCUT2D eigenvalue weighted by molar-refractivity contribution is 5.95. The number of hydrogen-bond donors (Lipinski definition) is 0. The van der Waals surface area contributed by atoms with E-state index < -0.39 is 11.9 Å². The van der Waals surface area contributed by atoms with Gasteiger partial charge in [-0.25, -0.2) is 9.59 Å². The zero-order chi connectivity index (χ0) is 24.5. The fraction of sp³-hybridized carbons (Fsp3) is 0.192. The molecule has 0 saturated carbocycles. The fourth-order valence-electron chi connectivity index (χ4n) is 3.21. The van der Waals surface area contributed by atoms with Gasteiger partial charge in [-0.2, -0.15) is 0 Å². The minimum Gasteiger partial charge on any atom is -0.493 e. The standard InChI is InChI=1S/C26H24O8/c1-30-21-10-9-19(14-23(21)33-16-17-7-5-4-6-8-17)25(28)34-24-15-20(26(29)32-3)18(11-12-27)13-22(24)31-2/h4-10,12-15H,11,16H2,1-3H3. The van der Waals surface area contributed by atoms with Crippen molar-refractivity contribution in [3.8, 4) is 23.0 Å². The van der Waals surface area contributed by atoms with Crippen LogP contribution in [0.5, 0.6) is 23.0 Å². The van der Waals surface area contributed by atoms with Gasteiger partial charge in [-0.1, -0.05) is 30.3 Å². The van der Waals surface area contributed by atoms with E-state index in [1.165, 1.54) is 45.6 Å². The van der Waals surface area contributed by atoms with Gasteiger partial charge in [-0.15, -0.1) is 0 Å². The van der Waals surface area contributed by atoms with Crippen LogP contribution in [0.15, 0.2) is 60.7 Å². The van der Waals surface area contributed by atoms with Crippen LogP contribution in [0.4, 0.5) is 0 Å². The second kappa shape index (κ2) is 11.5. The van der Waals surface area contributed by atoms with E-state index in [0.29, 0.717) is 23.3 Å². The molecular weight excluding hydrogens is 440 g/mol. The summed E-state index contributed by atoms with van der Waals surface area (Å²) in [7, 11) is 4.11. The Labute approximate surface area is 197 Å². The average molecular weight is 464 g/mol. The van der Waals surface area contributed by atoms with Crippen LogP contribution in [-0.2, 0) is 22.6 Å². The maximum absolute atomic E-state index is 12.9. The predicted octanol–water partition coefficient (Wildman–Crippen LogP) is 4.03. The molecule has 3 aromatic carbocycles. The first kappa shape index (κ1) is 24.3. The molecule has 0 spiro atoms. The molecule has 0 fully saturated rings. The van der Waals surface area contributed by atoms with E-state index in [4.69, 9.17) is 23.7 Å². The topological polar surface area (TPSA) is 97.4 Å². The normalized spacial score (nSPS) is 10.2. The monoisotopic (exact) mass is 464 g/mol. The summed E-state index contributed by atoms with van der Waals surface area (Å²) in [6.45, 7) is 0.282. The molecule has 0 aliphatic carbocycles. The van der Waals surface area contributed by atoms with Gasteiger partial charge in [0.15, 0.2) is 23.0 Å². The molecule has 8 nitrogen and oxygen atoms in total. The van der Waals surface area contributed by atoms with Crippen molar-refractivity contribution in [2.24, 2.45) is 0 Å². The number of ether oxygens (including phenoxy) is 5. The molecule has 0 bridgehead atoms. The van der Waals surface area contributed by atoms with Crippen molar-refractivity contribution < 1.29 is 38.1 Å². The summed E-state index contributed by atoms with van der Waals surface area (Å²) in [5.41, 5.74) is 1.63. The summed E-state index contributed by atoms with van der Waals surface area (Å²) in [5.74, 6) is -0.361. The van der Waals surface area contributed by atoms with Crippen LogP contribution in [0.2, 0.25) is 0 Å². The molecule has 0 aliphatic heterocycles. The average Bonchev–Trinajstić information content (AvgIpc) is 2.88. The van der Waals surface area contributed by atoms with Crippen molar-refractivity contribution in [3.05, 3.63) is 82.9 Å². The summed E-state index contributed by atoms with van der Waals surface area (Å²) >= 11 is 0. The second-order valence-corrected chi connectivity index (χ2v) is 7.05. The van der Waals surface area contributed by atoms with Crippen molar-refractivity contribution in [3.63, 3.8) is 0 Å². The fourth-order valence-corrected chi connectivity index (χ4v) is 3.21. The third-order valence-corrected chi connectivity index (χ3v) is 4.94. The van der Waals surface area contributed by atoms with Gasteiger partial charge in [0, 0.05) is 6.42 Å². The van der Waals surface area contributed by atoms with Gasteiger partial charge in [-0.05, 0) is 41.5 Å². The van der Waals surface area contributed by atoms with Gasteiger partial charge >= 0.3 is 11.9 Å². The number of aldehydes is 1. The van der Waals surface area contributed by atoms with E-state index in [2.05, 4.69) is 0 Å². The van der Waals surface area contributed by atoms with Crippen LogP contribution in [0.25, 0.3) is 0 Å². The first-order valence-corrected chi connectivity index (χ1v) is 10.3. The first-order valence-electron chi connectivity index (χ1n) is 10.3. The quantitative estimate of drug-likeness (QED) is 0.252. The third kappa shape index (κ3) is 5.72. The highest BCUT2D eigenvalue weighted by atomic mass is 16.6. The maximum Gasteiger partial charge on any atom is 0.343 e. The SMILES string of the molecule is COC(=O)c1cc(OC(=O)c2ccc(OC)c(OCc3ccccc3)c2)c(OC)cc1CC=O. The molecule has 0 aliphatic rings. The van der Waals surface area contributed by atoms with Crippen LogP contribution in [0.3, 0.4) is 0 Å². The van der Waals surface area contributed by atoms with Crippen LogP contribution in [0.1, 0.15) is 31.8 Å². The smallest absolute Gasteiger partial charge is 0.343 e. The zero-order valence-corrected chi connectivity index (χ0v) is 19.0. The molecule has 0 aromatic heterocycles. The van der Waals surface area contributed by atoms with E-state index in [1.54, 1.807) is 6.07 Å². The van der Waals surface area contributed by atoms with Crippen LogP contribution < -0.4 is 18.9 Å². The minimum absolute atomic E-state index is 0.00474. The summed E-state index contributed by atoms with van der Waals surface area (Å²) in [6, 6.07) is 17.0. The first-order chi connectivity index (χ1) is 16.5. The summed E-state index contributed by atoms with van der Waals surface area (Å²) in [6.07, 6.45) is 0.622. The molecular formula is C26H24O8. The Morgan fingerprint density at radius 1 is 0.794 bits per heavy atom. The highest BCUT2D eigenvalue weighted by Crippen LogP contribution is 2.33. The van der Waals surface area contributed by atoms with Crippen molar-refractivity contribution >= 4 is 18.2 Å². The molecule has 176 valence electrons. The lowest BCUT2D eigenvalue weighted by molar-refractivity contribution is -0.107. The lowest BCUT2D eigenvalue weighted by Crippen LogP contribution is -2.12. The molecule has 0 N–H and O–H groups in total. The van der Waals surface area contributed by atoms with Gasteiger partial charge in [0.2, 0.25) is 0 Å². The number of carbonyl (C=O) groups is 3. The highest BCUT2D eigenvalue weighted by Gasteiger charge is 2.21. The van der Waals surface area contributed by atoms with Crippen LogP contribution in [-0.4, -0.2) is 39.6 Å². The van der Waals surface area contributed by atoms with Crippen molar-refractivity contribution in [1.29, 1.82) is 0 Å². The largest absolute Gasteiger partial charge is 0.493 e. The molecule has 0 atom stereocenters.